The van der Waals surface area contributed by atoms with Crippen LogP contribution in [0.3, 0.4) is 0 Å². The quantitative estimate of drug-likeness (QED) is 0.631. The normalized spacial score (nSPS) is 15.1. The van der Waals surface area contributed by atoms with Crippen molar-refractivity contribution in [3.8, 4) is 0 Å². The van der Waals surface area contributed by atoms with Crippen LogP contribution in [0.5, 0.6) is 0 Å². The third kappa shape index (κ3) is 7.74. The number of aliphatic hydroxyl groups is 1. The number of methoxy groups -OCH3 is 1. The average molecular weight is 189 g/mol. The van der Waals surface area contributed by atoms with E-state index in [4.69, 9.17) is 9.84 Å². The Kier molecular flexibility index (Phi) is 6.54. The summed E-state index contributed by atoms with van der Waals surface area (Å²) in [4.78, 5) is 11.2. The Labute approximate surface area is 79.3 Å². The van der Waals surface area contributed by atoms with Gasteiger partial charge in [-0.25, -0.2) is 0 Å². The van der Waals surface area contributed by atoms with Gasteiger partial charge in [-0.05, 0) is 20.3 Å². The Morgan fingerprint density at radius 2 is 2.15 bits per heavy atom. The second-order valence-electron chi connectivity index (χ2n) is 3.31. The lowest BCUT2D eigenvalue weighted by Gasteiger charge is -2.12. The fraction of sp³-hybridized carbons (Fsp3) is 0.889. The topological polar surface area (TPSA) is 58.6 Å². The molecule has 0 aromatic carbocycles. The number of carbonyl (C=O) groups is 1. The predicted octanol–water partition coefficient (Wildman–Crippen LogP) is 0.299. The van der Waals surface area contributed by atoms with Gasteiger partial charge in [-0.3, -0.25) is 4.79 Å². The molecule has 0 spiro atoms. The van der Waals surface area contributed by atoms with Gasteiger partial charge in [0.1, 0.15) is 0 Å². The van der Waals surface area contributed by atoms with E-state index in [2.05, 4.69) is 5.32 Å². The van der Waals surface area contributed by atoms with Crippen LogP contribution in [0.15, 0.2) is 0 Å². The summed E-state index contributed by atoms with van der Waals surface area (Å²) in [6.07, 6.45) is 0.459. The lowest BCUT2D eigenvalue weighted by atomic mass is 10.2. The van der Waals surface area contributed by atoms with Crippen molar-refractivity contribution >= 4 is 5.91 Å². The lowest BCUT2D eigenvalue weighted by Crippen LogP contribution is -2.35. The van der Waals surface area contributed by atoms with Crippen LogP contribution in [0.1, 0.15) is 26.7 Å². The summed E-state index contributed by atoms with van der Waals surface area (Å²) >= 11 is 0. The number of hydrogen-bond donors (Lipinski definition) is 2. The van der Waals surface area contributed by atoms with Crippen molar-refractivity contribution in [1.29, 1.82) is 0 Å². The van der Waals surface area contributed by atoms with Crippen LogP contribution in [-0.4, -0.2) is 36.9 Å². The molecule has 0 aliphatic heterocycles. The highest BCUT2D eigenvalue weighted by atomic mass is 16.5. The molecular weight excluding hydrogens is 170 g/mol. The molecule has 0 heterocycles. The van der Waals surface area contributed by atoms with E-state index in [9.17, 15) is 4.79 Å². The number of nitrogens with one attached hydrogen (secondary N) is 1. The third-order valence-electron chi connectivity index (χ3n) is 1.61. The first-order valence-corrected chi connectivity index (χ1v) is 4.52. The standard InChI is InChI=1S/C9H19NO3/c1-7(6-13-3)10-9(12)5-4-8(2)11/h7-8,11H,4-6H2,1-3H3,(H,10,12). The zero-order chi connectivity index (χ0) is 10.3. The van der Waals surface area contributed by atoms with E-state index in [1.807, 2.05) is 6.92 Å². The molecule has 0 fully saturated rings. The molecule has 2 unspecified atom stereocenters. The van der Waals surface area contributed by atoms with Crippen molar-refractivity contribution in [2.45, 2.75) is 38.8 Å². The molecule has 0 bridgehead atoms. The molecule has 0 aromatic heterocycles. The van der Waals surface area contributed by atoms with Crippen LogP contribution in [0.4, 0.5) is 0 Å². The summed E-state index contributed by atoms with van der Waals surface area (Å²) in [6.45, 7) is 4.07. The number of rotatable bonds is 6. The second-order valence-corrected chi connectivity index (χ2v) is 3.31. The van der Waals surface area contributed by atoms with Crippen molar-refractivity contribution in [1.82, 2.24) is 5.32 Å². The van der Waals surface area contributed by atoms with Crippen LogP contribution in [0.25, 0.3) is 0 Å². The Morgan fingerprint density at radius 1 is 1.54 bits per heavy atom. The monoisotopic (exact) mass is 189 g/mol. The van der Waals surface area contributed by atoms with Crippen molar-refractivity contribution in [2.75, 3.05) is 13.7 Å². The van der Waals surface area contributed by atoms with Crippen molar-refractivity contribution in [2.24, 2.45) is 0 Å². The summed E-state index contributed by atoms with van der Waals surface area (Å²) < 4.78 is 4.87. The van der Waals surface area contributed by atoms with Gasteiger partial charge in [-0.2, -0.15) is 0 Å². The highest BCUT2D eigenvalue weighted by Crippen LogP contribution is 1.95. The summed E-state index contributed by atoms with van der Waals surface area (Å²) in [5.41, 5.74) is 0. The van der Waals surface area contributed by atoms with Gasteiger partial charge < -0.3 is 15.2 Å². The van der Waals surface area contributed by atoms with Gasteiger partial charge in [0.2, 0.25) is 5.91 Å². The molecule has 0 aliphatic rings. The first-order chi connectivity index (χ1) is 6.06. The van der Waals surface area contributed by atoms with Crippen molar-refractivity contribution < 1.29 is 14.6 Å². The van der Waals surface area contributed by atoms with Crippen molar-refractivity contribution in [3.05, 3.63) is 0 Å². The van der Waals surface area contributed by atoms with Gasteiger partial charge >= 0.3 is 0 Å². The molecule has 2 N–H and O–H groups in total. The molecule has 0 saturated heterocycles. The molecule has 1 amide bonds. The van der Waals surface area contributed by atoms with E-state index in [1.54, 1.807) is 14.0 Å². The number of amides is 1. The first-order valence-electron chi connectivity index (χ1n) is 4.52. The fourth-order valence-corrected chi connectivity index (χ4v) is 0.979. The first kappa shape index (κ1) is 12.4. The summed E-state index contributed by atoms with van der Waals surface area (Å²) in [7, 11) is 1.60. The zero-order valence-electron chi connectivity index (χ0n) is 8.54. The Hall–Kier alpha value is -0.610. The molecule has 4 nitrogen and oxygen atoms in total. The Bertz CT molecular complexity index is 148. The molecule has 0 saturated carbocycles. The molecular formula is C9H19NO3. The average Bonchev–Trinajstić information content (AvgIpc) is 2.01. The molecule has 0 aromatic rings. The van der Waals surface area contributed by atoms with E-state index in [1.165, 1.54) is 0 Å². The van der Waals surface area contributed by atoms with Gasteiger partial charge in [-0.1, -0.05) is 0 Å². The van der Waals surface area contributed by atoms with Gasteiger partial charge in [0.05, 0.1) is 12.7 Å². The minimum atomic E-state index is -0.413. The van der Waals surface area contributed by atoms with Gasteiger partial charge in [0, 0.05) is 19.6 Å². The maximum Gasteiger partial charge on any atom is 0.220 e. The molecule has 13 heavy (non-hydrogen) atoms. The summed E-state index contributed by atoms with van der Waals surface area (Å²) in [6, 6.07) is 0.0338. The van der Waals surface area contributed by atoms with Crippen LogP contribution >= 0.6 is 0 Å². The van der Waals surface area contributed by atoms with Crippen LogP contribution in [0.2, 0.25) is 0 Å². The van der Waals surface area contributed by atoms with Gasteiger partial charge in [0.15, 0.2) is 0 Å². The number of carbonyl (C=O) groups excluding carboxylic acids is 1. The second kappa shape index (κ2) is 6.86. The minimum Gasteiger partial charge on any atom is -0.393 e. The van der Waals surface area contributed by atoms with Crippen LogP contribution in [0, 0.1) is 0 Å². The molecule has 0 radical (unpaired) electrons. The summed E-state index contributed by atoms with van der Waals surface area (Å²) in [5.74, 6) is -0.0366. The highest BCUT2D eigenvalue weighted by Gasteiger charge is 2.07. The Morgan fingerprint density at radius 3 is 2.62 bits per heavy atom. The maximum atomic E-state index is 11.2. The van der Waals surface area contributed by atoms with E-state index >= 15 is 0 Å². The molecule has 0 aliphatic carbocycles. The molecule has 4 heteroatoms. The smallest absolute Gasteiger partial charge is 0.220 e. The zero-order valence-corrected chi connectivity index (χ0v) is 8.54. The fourth-order valence-electron chi connectivity index (χ4n) is 0.979. The molecule has 2 atom stereocenters. The molecule has 78 valence electrons. The van der Waals surface area contributed by atoms with Crippen LogP contribution in [-0.2, 0) is 9.53 Å². The minimum absolute atomic E-state index is 0.0338. The van der Waals surface area contributed by atoms with E-state index < -0.39 is 6.10 Å². The highest BCUT2D eigenvalue weighted by molar-refractivity contribution is 5.76. The molecule has 0 rings (SSSR count). The third-order valence-corrected chi connectivity index (χ3v) is 1.61. The van der Waals surface area contributed by atoms with E-state index in [0.717, 1.165) is 0 Å². The van der Waals surface area contributed by atoms with Crippen molar-refractivity contribution in [3.63, 3.8) is 0 Å². The summed E-state index contributed by atoms with van der Waals surface area (Å²) in [5, 5.41) is 11.7. The van der Waals surface area contributed by atoms with Crippen LogP contribution < -0.4 is 5.32 Å². The van der Waals surface area contributed by atoms with Gasteiger partial charge in [0.25, 0.3) is 0 Å². The lowest BCUT2D eigenvalue weighted by molar-refractivity contribution is -0.122. The largest absolute Gasteiger partial charge is 0.393 e. The van der Waals surface area contributed by atoms with E-state index in [0.29, 0.717) is 19.4 Å². The number of ether oxygens (including phenoxy) is 1. The predicted molar refractivity (Wildman–Crippen MR) is 50.4 cm³/mol. The Balaban J connectivity index is 3.50. The van der Waals surface area contributed by atoms with E-state index in [-0.39, 0.29) is 11.9 Å². The number of hydrogen-bond acceptors (Lipinski definition) is 3. The van der Waals surface area contributed by atoms with Gasteiger partial charge in [-0.15, -0.1) is 0 Å². The number of aliphatic hydroxyl groups excluding tert-OH is 1. The maximum absolute atomic E-state index is 11.2. The SMILES string of the molecule is COCC(C)NC(=O)CCC(C)O.